The van der Waals surface area contributed by atoms with Crippen LogP contribution in [0, 0.1) is 10.8 Å². The topological polar surface area (TPSA) is 18.5 Å². The SMILES string of the molecule is CC(OCOC(C)C(C)(C)C)C(C)(C)C. The molecule has 2 atom stereocenters. The summed E-state index contributed by atoms with van der Waals surface area (Å²) in [6.45, 7) is 17.6. The monoisotopic (exact) mass is 216 g/mol. The maximum Gasteiger partial charge on any atom is 0.147 e. The second-order valence-electron chi connectivity index (χ2n) is 6.47. The average Bonchev–Trinajstić information content (AvgIpc) is 2.00. The van der Waals surface area contributed by atoms with Gasteiger partial charge in [0.25, 0.3) is 0 Å². The van der Waals surface area contributed by atoms with Crippen LogP contribution in [0.15, 0.2) is 0 Å². The third-order valence-electron chi connectivity index (χ3n) is 3.08. The minimum Gasteiger partial charge on any atom is -0.352 e. The summed E-state index contributed by atoms with van der Waals surface area (Å²) in [7, 11) is 0. The van der Waals surface area contributed by atoms with Gasteiger partial charge in [-0.25, -0.2) is 0 Å². The highest BCUT2D eigenvalue weighted by Gasteiger charge is 2.23. The van der Waals surface area contributed by atoms with Crippen LogP contribution in [0.4, 0.5) is 0 Å². The minimum atomic E-state index is 0.175. The van der Waals surface area contributed by atoms with Crippen molar-refractivity contribution >= 4 is 0 Å². The quantitative estimate of drug-likeness (QED) is 0.665. The Bertz CT molecular complexity index is 154. The van der Waals surface area contributed by atoms with Crippen molar-refractivity contribution in [3.63, 3.8) is 0 Å². The third-order valence-corrected chi connectivity index (χ3v) is 3.08. The summed E-state index contributed by atoms with van der Waals surface area (Å²) in [4.78, 5) is 0. The third kappa shape index (κ3) is 6.16. The Labute approximate surface area is 95.3 Å². The standard InChI is InChI=1S/C13H28O2/c1-10(12(3,4)5)14-9-15-11(2)13(6,7)8/h10-11H,9H2,1-8H3. The molecule has 2 nitrogen and oxygen atoms in total. The Morgan fingerprint density at radius 1 is 0.733 bits per heavy atom. The van der Waals surface area contributed by atoms with Crippen molar-refractivity contribution in [3.05, 3.63) is 0 Å². The van der Waals surface area contributed by atoms with Crippen molar-refractivity contribution in [2.75, 3.05) is 6.79 Å². The fourth-order valence-corrected chi connectivity index (χ4v) is 0.743. The van der Waals surface area contributed by atoms with Crippen LogP contribution in [-0.2, 0) is 9.47 Å². The lowest BCUT2D eigenvalue weighted by Gasteiger charge is -2.30. The van der Waals surface area contributed by atoms with Gasteiger partial charge in [-0.2, -0.15) is 0 Å². The van der Waals surface area contributed by atoms with Gasteiger partial charge in [0.2, 0.25) is 0 Å². The molecule has 0 aliphatic rings. The summed E-state index contributed by atoms with van der Waals surface area (Å²) in [5.74, 6) is 0. The highest BCUT2D eigenvalue weighted by molar-refractivity contribution is 4.70. The van der Waals surface area contributed by atoms with Gasteiger partial charge in [-0.05, 0) is 24.7 Å². The smallest absolute Gasteiger partial charge is 0.147 e. The molecule has 0 aliphatic carbocycles. The zero-order chi connectivity index (χ0) is 12.3. The lowest BCUT2D eigenvalue weighted by molar-refractivity contribution is -0.152. The van der Waals surface area contributed by atoms with Crippen LogP contribution in [0.5, 0.6) is 0 Å². The van der Waals surface area contributed by atoms with Crippen LogP contribution < -0.4 is 0 Å². The summed E-state index contributed by atoms with van der Waals surface area (Å²) >= 11 is 0. The molecular formula is C13H28O2. The van der Waals surface area contributed by atoms with Crippen molar-refractivity contribution in [2.24, 2.45) is 10.8 Å². The van der Waals surface area contributed by atoms with E-state index in [0.29, 0.717) is 6.79 Å². The van der Waals surface area contributed by atoms with E-state index in [2.05, 4.69) is 55.4 Å². The molecule has 0 aromatic heterocycles. The molecule has 0 aromatic carbocycles. The summed E-state index contributed by atoms with van der Waals surface area (Å²) in [6, 6.07) is 0. The molecule has 0 spiro atoms. The Balaban J connectivity index is 3.81. The molecule has 0 heterocycles. The highest BCUT2D eigenvalue weighted by atomic mass is 16.7. The van der Waals surface area contributed by atoms with Crippen LogP contribution in [0.2, 0.25) is 0 Å². The van der Waals surface area contributed by atoms with Crippen LogP contribution in [0.3, 0.4) is 0 Å². The number of hydrogen-bond acceptors (Lipinski definition) is 2. The van der Waals surface area contributed by atoms with Crippen LogP contribution in [-0.4, -0.2) is 19.0 Å². The van der Waals surface area contributed by atoms with Crippen molar-refractivity contribution in [1.82, 2.24) is 0 Å². The molecule has 0 N–H and O–H groups in total. The number of rotatable bonds is 4. The molecular weight excluding hydrogens is 188 g/mol. The molecule has 92 valence electrons. The fourth-order valence-electron chi connectivity index (χ4n) is 0.743. The molecule has 0 amide bonds. The maximum absolute atomic E-state index is 5.65. The van der Waals surface area contributed by atoms with E-state index in [1.807, 2.05) is 0 Å². The van der Waals surface area contributed by atoms with E-state index in [0.717, 1.165) is 0 Å². The first-order valence-corrected chi connectivity index (χ1v) is 5.78. The molecule has 2 unspecified atom stereocenters. The van der Waals surface area contributed by atoms with E-state index in [1.54, 1.807) is 0 Å². The molecule has 2 heteroatoms. The van der Waals surface area contributed by atoms with Gasteiger partial charge in [0.15, 0.2) is 0 Å². The summed E-state index contributed by atoms with van der Waals surface area (Å²) in [5.41, 5.74) is 0.350. The van der Waals surface area contributed by atoms with E-state index in [-0.39, 0.29) is 23.0 Å². The largest absolute Gasteiger partial charge is 0.352 e. The molecule has 0 bridgehead atoms. The van der Waals surface area contributed by atoms with Crippen LogP contribution in [0.1, 0.15) is 55.4 Å². The van der Waals surface area contributed by atoms with Gasteiger partial charge in [-0.3, -0.25) is 0 Å². The van der Waals surface area contributed by atoms with Crippen molar-refractivity contribution in [2.45, 2.75) is 67.6 Å². The van der Waals surface area contributed by atoms with Crippen molar-refractivity contribution in [3.8, 4) is 0 Å². The molecule has 0 saturated carbocycles. The molecule has 0 rings (SSSR count). The zero-order valence-corrected chi connectivity index (χ0v) is 11.7. The first-order valence-electron chi connectivity index (χ1n) is 5.78. The van der Waals surface area contributed by atoms with E-state index >= 15 is 0 Å². The predicted octanol–water partition coefficient (Wildman–Crippen LogP) is 3.85. The van der Waals surface area contributed by atoms with Gasteiger partial charge in [0.05, 0.1) is 12.2 Å². The van der Waals surface area contributed by atoms with Gasteiger partial charge in [0, 0.05) is 0 Å². The summed E-state index contributed by atoms with van der Waals surface area (Å²) in [5, 5.41) is 0. The van der Waals surface area contributed by atoms with Crippen molar-refractivity contribution in [1.29, 1.82) is 0 Å². The van der Waals surface area contributed by atoms with E-state index in [4.69, 9.17) is 9.47 Å². The fraction of sp³-hybridized carbons (Fsp3) is 1.00. The van der Waals surface area contributed by atoms with Gasteiger partial charge in [0.1, 0.15) is 6.79 Å². The van der Waals surface area contributed by atoms with Crippen molar-refractivity contribution < 1.29 is 9.47 Å². The maximum atomic E-state index is 5.65. The Kier molecular flexibility index (Phi) is 5.28. The highest BCUT2D eigenvalue weighted by Crippen LogP contribution is 2.24. The molecule has 0 radical (unpaired) electrons. The van der Waals surface area contributed by atoms with E-state index in [1.165, 1.54) is 0 Å². The lowest BCUT2D eigenvalue weighted by atomic mass is 9.90. The lowest BCUT2D eigenvalue weighted by Crippen LogP contribution is -2.31. The zero-order valence-electron chi connectivity index (χ0n) is 11.7. The molecule has 0 fully saturated rings. The Morgan fingerprint density at radius 3 is 1.20 bits per heavy atom. The number of ether oxygens (including phenoxy) is 2. The Hall–Kier alpha value is -0.0800. The van der Waals surface area contributed by atoms with E-state index in [9.17, 15) is 0 Å². The Morgan fingerprint density at radius 2 is 1.00 bits per heavy atom. The van der Waals surface area contributed by atoms with Gasteiger partial charge in [-0.15, -0.1) is 0 Å². The van der Waals surface area contributed by atoms with Crippen LogP contribution >= 0.6 is 0 Å². The summed E-state index contributed by atoms with van der Waals surface area (Å²) in [6.07, 6.45) is 0.425. The average molecular weight is 216 g/mol. The molecule has 0 saturated heterocycles. The first-order chi connectivity index (χ1) is 6.55. The molecule has 0 aromatic rings. The first kappa shape index (κ1) is 14.9. The second kappa shape index (κ2) is 5.31. The molecule has 15 heavy (non-hydrogen) atoms. The van der Waals surface area contributed by atoms with E-state index < -0.39 is 0 Å². The van der Waals surface area contributed by atoms with Gasteiger partial charge in [-0.1, -0.05) is 41.5 Å². The molecule has 0 aliphatic heterocycles. The number of hydrogen-bond donors (Lipinski definition) is 0. The predicted molar refractivity (Wildman–Crippen MR) is 64.9 cm³/mol. The van der Waals surface area contributed by atoms with Gasteiger partial charge >= 0.3 is 0 Å². The van der Waals surface area contributed by atoms with Gasteiger partial charge < -0.3 is 9.47 Å². The summed E-state index contributed by atoms with van der Waals surface area (Å²) < 4.78 is 11.3. The minimum absolute atomic E-state index is 0.175. The normalized spacial score (nSPS) is 17.6. The second-order valence-corrected chi connectivity index (χ2v) is 6.47. The van der Waals surface area contributed by atoms with Crippen LogP contribution in [0.25, 0.3) is 0 Å².